The van der Waals surface area contributed by atoms with E-state index in [2.05, 4.69) is 10.4 Å². The van der Waals surface area contributed by atoms with Gasteiger partial charge in [0.15, 0.2) is 0 Å². The Hall–Kier alpha value is -2.30. The van der Waals surface area contributed by atoms with Gasteiger partial charge in [0.25, 0.3) is 5.91 Å². The molecule has 0 radical (unpaired) electrons. The molecule has 5 nitrogen and oxygen atoms in total. The fraction of sp³-hybridized carbons (Fsp3) is 0.167. The highest BCUT2D eigenvalue weighted by molar-refractivity contribution is 5.95. The van der Waals surface area contributed by atoms with Gasteiger partial charge in [0, 0.05) is 37.0 Å². The highest BCUT2D eigenvalue weighted by atomic mass is 16.3. The Morgan fingerprint density at radius 2 is 2.24 bits per heavy atom. The summed E-state index contributed by atoms with van der Waals surface area (Å²) in [6.45, 7) is 0. The maximum Gasteiger partial charge on any atom is 0.251 e. The molecule has 2 N–H and O–H groups in total. The van der Waals surface area contributed by atoms with Gasteiger partial charge in [-0.2, -0.15) is 5.10 Å². The number of phenolic OH excluding ortho intramolecular Hbond substituents is 1. The average Bonchev–Trinajstić information content (AvgIpc) is 2.74. The third kappa shape index (κ3) is 2.13. The van der Waals surface area contributed by atoms with E-state index in [4.69, 9.17) is 0 Å². The van der Waals surface area contributed by atoms with Crippen molar-refractivity contribution in [3.05, 3.63) is 36.2 Å². The number of amides is 1. The normalized spacial score (nSPS) is 10.2. The molecule has 0 aliphatic carbocycles. The van der Waals surface area contributed by atoms with Crippen LogP contribution >= 0.6 is 0 Å². The van der Waals surface area contributed by atoms with Crippen molar-refractivity contribution < 1.29 is 9.90 Å². The summed E-state index contributed by atoms with van der Waals surface area (Å²) >= 11 is 0. The second kappa shape index (κ2) is 4.29. The predicted molar refractivity (Wildman–Crippen MR) is 63.7 cm³/mol. The molecule has 2 rings (SSSR count). The first kappa shape index (κ1) is 11.2. The third-order valence-corrected chi connectivity index (χ3v) is 2.50. The van der Waals surface area contributed by atoms with Crippen LogP contribution in [0.1, 0.15) is 10.4 Å². The standard InChI is InChI=1S/C12H13N3O2/c1-13-12(17)8-3-4-10(11(16)5-8)9-6-14-15(2)7-9/h3-7,16H,1-2H3,(H,13,17). The van der Waals surface area contributed by atoms with Crippen molar-refractivity contribution in [3.8, 4) is 16.9 Å². The van der Waals surface area contributed by atoms with Crippen LogP contribution in [0.4, 0.5) is 0 Å². The van der Waals surface area contributed by atoms with Crippen molar-refractivity contribution in [2.24, 2.45) is 7.05 Å². The van der Waals surface area contributed by atoms with E-state index < -0.39 is 0 Å². The Balaban J connectivity index is 2.41. The van der Waals surface area contributed by atoms with Gasteiger partial charge < -0.3 is 10.4 Å². The lowest BCUT2D eigenvalue weighted by Crippen LogP contribution is -2.17. The molecule has 2 aromatic rings. The molecular formula is C12H13N3O2. The molecule has 0 aliphatic rings. The summed E-state index contributed by atoms with van der Waals surface area (Å²) in [4.78, 5) is 11.4. The fourth-order valence-electron chi connectivity index (χ4n) is 1.62. The Morgan fingerprint density at radius 1 is 1.47 bits per heavy atom. The van der Waals surface area contributed by atoms with Crippen LogP contribution in [-0.2, 0) is 7.05 Å². The number of nitrogens with one attached hydrogen (secondary N) is 1. The van der Waals surface area contributed by atoms with Gasteiger partial charge >= 0.3 is 0 Å². The molecule has 0 saturated heterocycles. The molecule has 5 heteroatoms. The number of rotatable bonds is 2. The van der Waals surface area contributed by atoms with Crippen LogP contribution in [0.5, 0.6) is 5.75 Å². The number of aryl methyl sites for hydroxylation is 1. The van der Waals surface area contributed by atoms with Gasteiger partial charge in [0.1, 0.15) is 5.75 Å². The van der Waals surface area contributed by atoms with E-state index in [0.29, 0.717) is 11.1 Å². The lowest BCUT2D eigenvalue weighted by atomic mass is 10.1. The minimum Gasteiger partial charge on any atom is -0.507 e. The number of aromatic nitrogens is 2. The summed E-state index contributed by atoms with van der Waals surface area (Å²) in [6.07, 6.45) is 3.46. The van der Waals surface area contributed by atoms with Gasteiger partial charge in [-0.3, -0.25) is 9.48 Å². The van der Waals surface area contributed by atoms with Gasteiger partial charge in [0.2, 0.25) is 0 Å². The summed E-state index contributed by atoms with van der Waals surface area (Å²) < 4.78 is 1.65. The zero-order chi connectivity index (χ0) is 12.4. The maximum atomic E-state index is 11.4. The van der Waals surface area contributed by atoms with Crippen LogP contribution in [-0.4, -0.2) is 27.8 Å². The third-order valence-electron chi connectivity index (χ3n) is 2.50. The number of hydrogen-bond acceptors (Lipinski definition) is 3. The molecule has 1 amide bonds. The first-order chi connectivity index (χ1) is 8.11. The summed E-state index contributed by atoms with van der Waals surface area (Å²) in [5.41, 5.74) is 1.90. The number of nitrogens with zero attached hydrogens (tertiary/aromatic N) is 2. The van der Waals surface area contributed by atoms with E-state index in [1.165, 1.54) is 6.07 Å². The van der Waals surface area contributed by atoms with Crippen LogP contribution < -0.4 is 5.32 Å². The van der Waals surface area contributed by atoms with E-state index in [-0.39, 0.29) is 11.7 Å². The lowest BCUT2D eigenvalue weighted by Gasteiger charge is -2.04. The van der Waals surface area contributed by atoms with Crippen LogP contribution in [0, 0.1) is 0 Å². The van der Waals surface area contributed by atoms with E-state index in [0.717, 1.165) is 5.56 Å². The van der Waals surface area contributed by atoms with E-state index in [1.807, 2.05) is 0 Å². The van der Waals surface area contributed by atoms with Crippen molar-refractivity contribution in [3.63, 3.8) is 0 Å². The van der Waals surface area contributed by atoms with Gasteiger partial charge in [-0.1, -0.05) is 0 Å². The van der Waals surface area contributed by atoms with E-state index in [1.54, 1.807) is 43.3 Å². The first-order valence-electron chi connectivity index (χ1n) is 5.16. The topological polar surface area (TPSA) is 67.2 Å². The number of phenols is 1. The quantitative estimate of drug-likeness (QED) is 0.814. The zero-order valence-corrected chi connectivity index (χ0v) is 9.64. The first-order valence-corrected chi connectivity index (χ1v) is 5.16. The number of carbonyl (C=O) groups excluding carboxylic acids is 1. The molecular weight excluding hydrogens is 218 g/mol. The molecule has 0 atom stereocenters. The van der Waals surface area contributed by atoms with Crippen molar-refractivity contribution in [1.29, 1.82) is 0 Å². The van der Waals surface area contributed by atoms with Gasteiger partial charge in [-0.05, 0) is 18.2 Å². The van der Waals surface area contributed by atoms with Gasteiger partial charge in [-0.25, -0.2) is 0 Å². The van der Waals surface area contributed by atoms with Gasteiger partial charge in [0.05, 0.1) is 6.20 Å². The summed E-state index contributed by atoms with van der Waals surface area (Å²) in [5.74, 6) is -0.155. The minimum absolute atomic E-state index is 0.0686. The van der Waals surface area contributed by atoms with Crippen molar-refractivity contribution >= 4 is 5.91 Å². The Labute approximate surface area is 98.7 Å². The Kier molecular flexibility index (Phi) is 2.82. The number of hydrogen-bond donors (Lipinski definition) is 2. The Bertz CT molecular complexity index is 561. The highest BCUT2D eigenvalue weighted by Gasteiger charge is 2.10. The predicted octanol–water partition coefficient (Wildman–Crippen LogP) is 1.15. The highest BCUT2D eigenvalue weighted by Crippen LogP contribution is 2.29. The smallest absolute Gasteiger partial charge is 0.251 e. The lowest BCUT2D eigenvalue weighted by molar-refractivity contribution is 0.0962. The molecule has 0 saturated carbocycles. The molecule has 1 aromatic heterocycles. The van der Waals surface area contributed by atoms with Crippen molar-refractivity contribution in [2.75, 3.05) is 7.05 Å². The number of benzene rings is 1. The second-order valence-electron chi connectivity index (χ2n) is 3.71. The minimum atomic E-state index is -0.224. The Morgan fingerprint density at radius 3 is 2.76 bits per heavy atom. The second-order valence-corrected chi connectivity index (χ2v) is 3.71. The number of carbonyl (C=O) groups is 1. The molecule has 0 aliphatic heterocycles. The molecule has 0 bridgehead atoms. The summed E-state index contributed by atoms with van der Waals surface area (Å²) in [5, 5.41) is 16.4. The maximum absolute atomic E-state index is 11.4. The molecule has 0 fully saturated rings. The fourth-order valence-corrected chi connectivity index (χ4v) is 1.62. The van der Waals surface area contributed by atoms with Crippen LogP contribution in [0.15, 0.2) is 30.6 Å². The van der Waals surface area contributed by atoms with E-state index in [9.17, 15) is 9.90 Å². The van der Waals surface area contributed by atoms with Crippen LogP contribution in [0.2, 0.25) is 0 Å². The summed E-state index contributed by atoms with van der Waals surface area (Å²) in [6, 6.07) is 4.82. The SMILES string of the molecule is CNC(=O)c1ccc(-c2cnn(C)c2)c(O)c1. The van der Waals surface area contributed by atoms with Gasteiger partial charge in [-0.15, -0.1) is 0 Å². The van der Waals surface area contributed by atoms with E-state index >= 15 is 0 Å². The molecule has 88 valence electrons. The monoisotopic (exact) mass is 231 g/mol. The summed E-state index contributed by atoms with van der Waals surface area (Å²) in [7, 11) is 3.36. The molecule has 1 aromatic carbocycles. The molecule has 0 spiro atoms. The average molecular weight is 231 g/mol. The molecule has 1 heterocycles. The largest absolute Gasteiger partial charge is 0.507 e. The van der Waals surface area contributed by atoms with Crippen molar-refractivity contribution in [1.82, 2.24) is 15.1 Å². The van der Waals surface area contributed by atoms with Crippen LogP contribution in [0.25, 0.3) is 11.1 Å². The molecule has 0 unspecified atom stereocenters. The molecule has 17 heavy (non-hydrogen) atoms. The number of aromatic hydroxyl groups is 1. The van der Waals surface area contributed by atoms with Crippen LogP contribution in [0.3, 0.4) is 0 Å². The van der Waals surface area contributed by atoms with Crippen molar-refractivity contribution in [2.45, 2.75) is 0 Å². The zero-order valence-electron chi connectivity index (χ0n) is 9.64.